The van der Waals surface area contributed by atoms with Gasteiger partial charge in [-0.1, -0.05) is 6.92 Å². The number of aromatic nitrogens is 2. The third-order valence-electron chi connectivity index (χ3n) is 4.41. The summed E-state index contributed by atoms with van der Waals surface area (Å²) < 4.78 is 1.98. The minimum absolute atomic E-state index is 0.297. The van der Waals surface area contributed by atoms with Gasteiger partial charge < -0.3 is 5.32 Å². The molecule has 1 fully saturated rings. The molecule has 1 aromatic heterocycles. The van der Waals surface area contributed by atoms with E-state index in [1.807, 2.05) is 17.9 Å². The van der Waals surface area contributed by atoms with Crippen LogP contribution in [0.25, 0.3) is 0 Å². The molecule has 0 amide bonds. The van der Waals surface area contributed by atoms with Crippen LogP contribution in [0.1, 0.15) is 32.9 Å². The molecule has 1 aromatic rings. The van der Waals surface area contributed by atoms with Crippen molar-refractivity contribution >= 4 is 0 Å². The third kappa shape index (κ3) is 2.75. The molecule has 0 bridgehead atoms. The highest BCUT2D eigenvalue weighted by Crippen LogP contribution is 2.23. The second kappa shape index (κ2) is 5.41. The maximum Gasteiger partial charge on any atom is 0.0492 e. The van der Waals surface area contributed by atoms with Crippen molar-refractivity contribution in [2.45, 2.75) is 45.2 Å². The molecule has 1 N–H and O–H groups in total. The molecule has 0 aromatic carbocycles. The topological polar surface area (TPSA) is 33.1 Å². The van der Waals surface area contributed by atoms with Crippen molar-refractivity contribution in [1.29, 1.82) is 0 Å². The van der Waals surface area contributed by atoms with E-state index in [0.717, 1.165) is 26.1 Å². The van der Waals surface area contributed by atoms with Crippen LogP contribution in [0.2, 0.25) is 0 Å². The van der Waals surface area contributed by atoms with E-state index in [1.54, 1.807) is 0 Å². The van der Waals surface area contributed by atoms with Gasteiger partial charge in [-0.15, -0.1) is 0 Å². The van der Waals surface area contributed by atoms with E-state index in [4.69, 9.17) is 0 Å². The fourth-order valence-electron chi connectivity index (χ4n) is 2.73. The molecule has 102 valence electrons. The quantitative estimate of drug-likeness (QED) is 0.877. The van der Waals surface area contributed by atoms with Crippen molar-refractivity contribution in [3.05, 3.63) is 18.0 Å². The molecule has 4 nitrogen and oxygen atoms in total. The number of nitrogens with zero attached hydrogens (tertiary/aromatic N) is 3. The summed E-state index contributed by atoms with van der Waals surface area (Å²) in [5.41, 5.74) is 1.62. The Balaban J connectivity index is 1.99. The fraction of sp³-hybridized carbons (Fsp3) is 0.786. The normalized spacial score (nSPS) is 29.7. The number of hydrogen-bond donors (Lipinski definition) is 1. The molecule has 18 heavy (non-hydrogen) atoms. The Morgan fingerprint density at radius 1 is 1.56 bits per heavy atom. The maximum atomic E-state index is 4.24. The highest BCUT2D eigenvalue weighted by Gasteiger charge is 2.34. The Hall–Kier alpha value is -0.870. The standard InChI is InChI=1S/C14H26N4/c1-5-14(3)11-15-12(2)10-18(14)9-7-13-6-8-16-17(13)4/h6,8,12,15H,5,7,9-11H2,1-4H3. The highest BCUT2D eigenvalue weighted by molar-refractivity contribution is 5.02. The zero-order chi connectivity index (χ0) is 13.2. The minimum atomic E-state index is 0.297. The fourth-order valence-corrected chi connectivity index (χ4v) is 2.73. The summed E-state index contributed by atoms with van der Waals surface area (Å²) in [7, 11) is 2.02. The lowest BCUT2D eigenvalue weighted by atomic mass is 9.92. The summed E-state index contributed by atoms with van der Waals surface area (Å²) >= 11 is 0. The van der Waals surface area contributed by atoms with Crippen molar-refractivity contribution in [3.63, 3.8) is 0 Å². The molecule has 2 unspecified atom stereocenters. The Labute approximate surface area is 110 Å². The maximum absolute atomic E-state index is 4.24. The number of nitrogens with one attached hydrogen (secondary N) is 1. The monoisotopic (exact) mass is 250 g/mol. The lowest BCUT2D eigenvalue weighted by Crippen LogP contribution is -2.62. The van der Waals surface area contributed by atoms with Crippen LogP contribution in [0.5, 0.6) is 0 Å². The lowest BCUT2D eigenvalue weighted by Gasteiger charge is -2.47. The first-order valence-corrected chi connectivity index (χ1v) is 7.00. The van der Waals surface area contributed by atoms with Gasteiger partial charge in [0, 0.05) is 56.6 Å². The molecule has 2 rings (SSSR count). The number of piperazine rings is 1. The van der Waals surface area contributed by atoms with Crippen molar-refractivity contribution in [2.24, 2.45) is 7.05 Å². The van der Waals surface area contributed by atoms with E-state index >= 15 is 0 Å². The SMILES string of the molecule is CCC1(C)CNC(C)CN1CCc1ccnn1C. The Morgan fingerprint density at radius 2 is 2.33 bits per heavy atom. The summed E-state index contributed by atoms with van der Waals surface area (Å²) in [6.45, 7) is 10.3. The summed E-state index contributed by atoms with van der Waals surface area (Å²) in [4.78, 5) is 2.64. The minimum Gasteiger partial charge on any atom is -0.311 e. The van der Waals surface area contributed by atoms with Gasteiger partial charge in [-0.2, -0.15) is 5.10 Å². The molecule has 1 aliphatic heterocycles. The van der Waals surface area contributed by atoms with Crippen molar-refractivity contribution < 1.29 is 0 Å². The average Bonchev–Trinajstić information content (AvgIpc) is 2.76. The van der Waals surface area contributed by atoms with Crippen LogP contribution < -0.4 is 5.32 Å². The van der Waals surface area contributed by atoms with Crippen LogP contribution >= 0.6 is 0 Å². The van der Waals surface area contributed by atoms with Crippen LogP contribution in [0, 0.1) is 0 Å². The predicted molar refractivity (Wildman–Crippen MR) is 74.6 cm³/mol. The predicted octanol–water partition coefficient (Wildman–Crippen LogP) is 1.42. The largest absolute Gasteiger partial charge is 0.311 e. The summed E-state index contributed by atoms with van der Waals surface area (Å²) in [5, 5.41) is 7.84. The Bertz CT molecular complexity index is 387. The molecule has 0 aliphatic carbocycles. The molecule has 4 heteroatoms. The van der Waals surface area contributed by atoms with E-state index in [-0.39, 0.29) is 0 Å². The summed E-state index contributed by atoms with van der Waals surface area (Å²) in [5.74, 6) is 0. The second-order valence-electron chi connectivity index (χ2n) is 5.77. The van der Waals surface area contributed by atoms with Crippen molar-refractivity contribution in [3.8, 4) is 0 Å². The van der Waals surface area contributed by atoms with Gasteiger partial charge in [-0.05, 0) is 26.3 Å². The van der Waals surface area contributed by atoms with Gasteiger partial charge in [-0.25, -0.2) is 0 Å². The van der Waals surface area contributed by atoms with Crippen molar-refractivity contribution in [2.75, 3.05) is 19.6 Å². The number of rotatable bonds is 4. The molecule has 0 spiro atoms. The van der Waals surface area contributed by atoms with E-state index in [2.05, 4.69) is 42.2 Å². The smallest absolute Gasteiger partial charge is 0.0492 e. The molecule has 1 saturated heterocycles. The second-order valence-corrected chi connectivity index (χ2v) is 5.77. The van der Waals surface area contributed by atoms with Gasteiger partial charge in [0.1, 0.15) is 0 Å². The third-order valence-corrected chi connectivity index (χ3v) is 4.41. The zero-order valence-electron chi connectivity index (χ0n) is 12.1. The molecular weight excluding hydrogens is 224 g/mol. The van der Waals surface area contributed by atoms with E-state index in [0.29, 0.717) is 11.6 Å². The summed E-state index contributed by atoms with van der Waals surface area (Å²) in [6, 6.07) is 2.71. The first-order valence-electron chi connectivity index (χ1n) is 7.00. The zero-order valence-corrected chi connectivity index (χ0v) is 12.1. The van der Waals surface area contributed by atoms with E-state index in [9.17, 15) is 0 Å². The van der Waals surface area contributed by atoms with Crippen molar-refractivity contribution in [1.82, 2.24) is 20.0 Å². The van der Waals surface area contributed by atoms with Crippen LogP contribution in [0.15, 0.2) is 12.3 Å². The lowest BCUT2D eigenvalue weighted by molar-refractivity contribution is 0.0534. The number of hydrogen-bond acceptors (Lipinski definition) is 3. The van der Waals surface area contributed by atoms with Gasteiger partial charge in [-0.3, -0.25) is 9.58 Å². The average molecular weight is 250 g/mol. The first kappa shape index (κ1) is 13.6. The van der Waals surface area contributed by atoms with E-state index < -0.39 is 0 Å². The van der Waals surface area contributed by atoms with Gasteiger partial charge in [0.05, 0.1) is 0 Å². The van der Waals surface area contributed by atoms with Gasteiger partial charge >= 0.3 is 0 Å². The Kier molecular flexibility index (Phi) is 4.07. The van der Waals surface area contributed by atoms with Crippen LogP contribution in [-0.2, 0) is 13.5 Å². The molecule has 2 heterocycles. The van der Waals surface area contributed by atoms with E-state index in [1.165, 1.54) is 12.1 Å². The Morgan fingerprint density at radius 3 is 2.94 bits per heavy atom. The molecule has 2 atom stereocenters. The van der Waals surface area contributed by atoms with Gasteiger partial charge in [0.2, 0.25) is 0 Å². The first-order chi connectivity index (χ1) is 8.55. The van der Waals surface area contributed by atoms with Crippen LogP contribution in [0.4, 0.5) is 0 Å². The summed E-state index contributed by atoms with van der Waals surface area (Å²) in [6.07, 6.45) is 4.16. The number of aryl methyl sites for hydroxylation is 1. The molecule has 0 saturated carbocycles. The molecule has 0 radical (unpaired) electrons. The van der Waals surface area contributed by atoms with Gasteiger partial charge in [0.25, 0.3) is 0 Å². The van der Waals surface area contributed by atoms with Crippen LogP contribution in [-0.4, -0.2) is 45.9 Å². The van der Waals surface area contributed by atoms with Crippen LogP contribution in [0.3, 0.4) is 0 Å². The molecular formula is C14H26N4. The highest BCUT2D eigenvalue weighted by atomic mass is 15.3. The molecule has 1 aliphatic rings. The van der Waals surface area contributed by atoms with Gasteiger partial charge in [0.15, 0.2) is 0 Å².